The van der Waals surface area contributed by atoms with Gasteiger partial charge in [-0.15, -0.1) is 0 Å². The van der Waals surface area contributed by atoms with Crippen molar-refractivity contribution < 1.29 is 19.1 Å². The number of hydrogen-bond acceptors (Lipinski definition) is 5. The normalized spacial score (nSPS) is 16.8. The van der Waals surface area contributed by atoms with Crippen molar-refractivity contribution in [1.29, 1.82) is 0 Å². The summed E-state index contributed by atoms with van der Waals surface area (Å²) in [5, 5.41) is 12.5. The minimum atomic E-state index is -0.810. The second-order valence-electron chi connectivity index (χ2n) is 6.40. The van der Waals surface area contributed by atoms with Gasteiger partial charge in [-0.1, -0.05) is 12.1 Å². The standard InChI is InChI=1S/C18H19FN4O4/c19-13-5-3-11(4-6-13)8-20-17(26)14-15(25)18(27)22-16(21-14)12-2-1-7-23(9-12)10-24/h3-6,10,12,25H,1-2,7-9H2,(H,20,26)(H,21,22,27). The van der Waals surface area contributed by atoms with Crippen LogP contribution in [0.1, 0.15) is 40.6 Å². The Balaban J connectivity index is 1.78. The van der Waals surface area contributed by atoms with E-state index in [1.165, 1.54) is 24.3 Å². The first-order chi connectivity index (χ1) is 13.0. The Hall–Kier alpha value is -3.23. The summed E-state index contributed by atoms with van der Waals surface area (Å²) in [5.74, 6) is -1.83. The number of aromatic hydroxyl groups is 1. The van der Waals surface area contributed by atoms with E-state index in [1.807, 2.05) is 0 Å². The second kappa shape index (κ2) is 7.98. The Morgan fingerprint density at radius 2 is 2.15 bits per heavy atom. The smallest absolute Gasteiger partial charge is 0.293 e. The number of carbonyl (C=O) groups excluding carboxylic acids is 2. The van der Waals surface area contributed by atoms with Gasteiger partial charge in [-0.25, -0.2) is 9.37 Å². The summed E-state index contributed by atoms with van der Waals surface area (Å²) in [4.78, 5) is 43.6. The number of likely N-dealkylation sites (tertiary alicyclic amines) is 1. The van der Waals surface area contributed by atoms with Gasteiger partial charge in [0.25, 0.3) is 11.5 Å². The fourth-order valence-corrected chi connectivity index (χ4v) is 3.03. The van der Waals surface area contributed by atoms with Crippen molar-refractivity contribution in [3.63, 3.8) is 0 Å². The van der Waals surface area contributed by atoms with Crippen LogP contribution in [0.25, 0.3) is 0 Å². The lowest BCUT2D eigenvalue weighted by Crippen LogP contribution is -2.35. The highest BCUT2D eigenvalue weighted by Crippen LogP contribution is 2.24. The molecule has 3 N–H and O–H groups in total. The molecule has 1 aliphatic heterocycles. The summed E-state index contributed by atoms with van der Waals surface area (Å²) in [7, 11) is 0. The molecule has 2 heterocycles. The predicted molar refractivity (Wildman–Crippen MR) is 93.7 cm³/mol. The molecule has 3 rings (SSSR count). The molecule has 8 nitrogen and oxygen atoms in total. The molecule has 0 bridgehead atoms. The first-order valence-electron chi connectivity index (χ1n) is 8.53. The Morgan fingerprint density at radius 1 is 1.41 bits per heavy atom. The molecule has 0 spiro atoms. The van der Waals surface area contributed by atoms with E-state index in [9.17, 15) is 23.9 Å². The van der Waals surface area contributed by atoms with Gasteiger partial charge >= 0.3 is 0 Å². The topological polar surface area (TPSA) is 115 Å². The second-order valence-corrected chi connectivity index (χ2v) is 6.40. The molecule has 1 atom stereocenters. The van der Waals surface area contributed by atoms with E-state index < -0.39 is 17.2 Å². The van der Waals surface area contributed by atoms with Crippen LogP contribution in [0.15, 0.2) is 29.1 Å². The van der Waals surface area contributed by atoms with E-state index in [2.05, 4.69) is 15.3 Å². The molecule has 1 saturated heterocycles. The number of carbonyl (C=O) groups is 2. The molecule has 1 aromatic heterocycles. The third-order valence-corrected chi connectivity index (χ3v) is 4.48. The highest BCUT2D eigenvalue weighted by atomic mass is 19.1. The molecule has 1 unspecified atom stereocenters. The highest BCUT2D eigenvalue weighted by molar-refractivity contribution is 5.94. The van der Waals surface area contributed by atoms with Crippen molar-refractivity contribution in [2.75, 3.05) is 13.1 Å². The van der Waals surface area contributed by atoms with Gasteiger partial charge < -0.3 is 20.3 Å². The molecule has 1 fully saturated rings. The number of hydrogen-bond donors (Lipinski definition) is 3. The molecule has 142 valence electrons. The number of rotatable bonds is 5. The lowest BCUT2D eigenvalue weighted by Gasteiger charge is -2.29. The minimum absolute atomic E-state index is 0.0880. The monoisotopic (exact) mass is 374 g/mol. The summed E-state index contributed by atoms with van der Waals surface area (Å²) in [6.45, 7) is 1.10. The SMILES string of the molecule is O=CN1CCCC(c2nc(C(=O)NCc3ccc(F)cc3)c(O)c(=O)[nH]2)C1. The molecule has 0 saturated carbocycles. The molecule has 1 aromatic carbocycles. The van der Waals surface area contributed by atoms with E-state index in [1.54, 1.807) is 4.90 Å². The Labute approximate surface area is 154 Å². The van der Waals surface area contributed by atoms with Gasteiger partial charge in [-0.05, 0) is 30.5 Å². The Morgan fingerprint density at radius 3 is 2.85 bits per heavy atom. The molecule has 0 radical (unpaired) electrons. The van der Waals surface area contributed by atoms with E-state index >= 15 is 0 Å². The number of nitrogens with one attached hydrogen (secondary N) is 2. The fourth-order valence-electron chi connectivity index (χ4n) is 3.03. The Kier molecular flexibility index (Phi) is 5.49. The molecule has 1 aliphatic rings. The van der Waals surface area contributed by atoms with Crippen molar-refractivity contribution in [2.45, 2.75) is 25.3 Å². The number of H-pyrrole nitrogens is 1. The quantitative estimate of drug-likeness (QED) is 0.672. The van der Waals surface area contributed by atoms with Gasteiger partial charge in [0.15, 0.2) is 5.69 Å². The zero-order valence-corrected chi connectivity index (χ0v) is 14.4. The van der Waals surface area contributed by atoms with Crippen LogP contribution in [0.2, 0.25) is 0 Å². The summed E-state index contributed by atoms with van der Waals surface area (Å²) in [5.41, 5.74) is -0.530. The van der Waals surface area contributed by atoms with Crippen molar-refractivity contribution >= 4 is 12.3 Å². The maximum Gasteiger partial charge on any atom is 0.293 e. The zero-order chi connectivity index (χ0) is 19.4. The highest BCUT2D eigenvalue weighted by Gasteiger charge is 2.25. The van der Waals surface area contributed by atoms with E-state index in [-0.39, 0.29) is 29.8 Å². The van der Waals surface area contributed by atoms with Gasteiger partial charge in [0.2, 0.25) is 12.2 Å². The first kappa shape index (κ1) is 18.6. The van der Waals surface area contributed by atoms with E-state index in [0.717, 1.165) is 12.8 Å². The molecule has 27 heavy (non-hydrogen) atoms. The zero-order valence-electron chi connectivity index (χ0n) is 14.4. The third-order valence-electron chi connectivity index (χ3n) is 4.48. The molecule has 9 heteroatoms. The predicted octanol–water partition coefficient (Wildman–Crippen LogP) is 0.880. The average molecular weight is 374 g/mol. The number of aromatic nitrogens is 2. The van der Waals surface area contributed by atoms with Gasteiger partial charge in [-0.3, -0.25) is 14.4 Å². The molecule has 2 amide bonds. The average Bonchev–Trinajstić information content (AvgIpc) is 2.69. The van der Waals surface area contributed by atoms with Gasteiger partial charge in [0.1, 0.15) is 11.6 Å². The van der Waals surface area contributed by atoms with Crippen LogP contribution in [0, 0.1) is 5.82 Å². The van der Waals surface area contributed by atoms with Gasteiger partial charge in [-0.2, -0.15) is 0 Å². The number of amides is 2. The van der Waals surface area contributed by atoms with Crippen LogP contribution in [0.3, 0.4) is 0 Å². The molecular weight excluding hydrogens is 355 g/mol. The first-order valence-corrected chi connectivity index (χ1v) is 8.53. The van der Waals surface area contributed by atoms with Crippen LogP contribution < -0.4 is 10.9 Å². The molecule has 0 aliphatic carbocycles. The maximum atomic E-state index is 12.9. The summed E-state index contributed by atoms with van der Waals surface area (Å²) < 4.78 is 12.9. The van der Waals surface area contributed by atoms with Crippen LogP contribution in [-0.2, 0) is 11.3 Å². The van der Waals surface area contributed by atoms with E-state index in [0.29, 0.717) is 25.1 Å². The lowest BCUT2D eigenvalue weighted by atomic mass is 9.97. The van der Waals surface area contributed by atoms with Crippen LogP contribution in [0.4, 0.5) is 4.39 Å². The number of aromatic amines is 1. The largest absolute Gasteiger partial charge is 0.501 e. The maximum absolute atomic E-state index is 12.9. The molecule has 2 aromatic rings. The van der Waals surface area contributed by atoms with Crippen molar-refractivity contribution in [3.05, 3.63) is 57.5 Å². The number of halogens is 1. The lowest BCUT2D eigenvalue weighted by molar-refractivity contribution is -0.119. The summed E-state index contributed by atoms with van der Waals surface area (Å²) in [6.07, 6.45) is 2.19. The summed E-state index contributed by atoms with van der Waals surface area (Å²) in [6, 6.07) is 5.57. The number of nitrogens with zero attached hydrogens (tertiary/aromatic N) is 2. The number of benzene rings is 1. The van der Waals surface area contributed by atoms with Crippen molar-refractivity contribution in [3.8, 4) is 5.75 Å². The van der Waals surface area contributed by atoms with Crippen molar-refractivity contribution in [1.82, 2.24) is 20.2 Å². The minimum Gasteiger partial charge on any atom is -0.501 e. The van der Waals surface area contributed by atoms with Crippen LogP contribution in [-0.4, -0.2) is 45.4 Å². The van der Waals surface area contributed by atoms with Gasteiger partial charge in [0.05, 0.1) is 0 Å². The van der Waals surface area contributed by atoms with Crippen molar-refractivity contribution in [2.24, 2.45) is 0 Å². The fraction of sp³-hybridized carbons (Fsp3) is 0.333. The van der Waals surface area contributed by atoms with Crippen LogP contribution >= 0.6 is 0 Å². The number of piperidine rings is 1. The molecular formula is C18H19FN4O4. The summed E-state index contributed by atoms with van der Waals surface area (Å²) >= 11 is 0. The van der Waals surface area contributed by atoms with Gasteiger partial charge in [0, 0.05) is 25.6 Å². The Bertz CT molecular complexity index is 897. The van der Waals surface area contributed by atoms with Crippen LogP contribution in [0.5, 0.6) is 5.75 Å². The third kappa shape index (κ3) is 4.30. The van der Waals surface area contributed by atoms with E-state index in [4.69, 9.17) is 0 Å².